The second-order valence-electron chi connectivity index (χ2n) is 25.5. The Bertz CT molecular complexity index is 2890. The van der Waals surface area contributed by atoms with E-state index in [1.165, 1.54) is 0 Å². The molecule has 5 N–H and O–H groups in total. The lowest BCUT2D eigenvalue weighted by Crippen LogP contribution is -2.63. The molecule has 0 aromatic heterocycles. The first-order valence-electron chi connectivity index (χ1n) is 28.3. The lowest BCUT2D eigenvalue weighted by Gasteiger charge is -2.59. The Labute approximate surface area is 456 Å². The van der Waals surface area contributed by atoms with Gasteiger partial charge in [-0.1, -0.05) is 98.3 Å². The molecule has 3 amide bonds. The third-order valence-electron chi connectivity index (χ3n) is 19.9. The average Bonchev–Trinajstić information content (AvgIpc) is 3.04. The van der Waals surface area contributed by atoms with E-state index in [-0.39, 0.29) is 60.2 Å². The minimum Gasteiger partial charge on any atom is -0.460 e. The third-order valence-corrected chi connectivity index (χ3v) is 19.9. The van der Waals surface area contributed by atoms with Crippen molar-refractivity contribution in [1.82, 2.24) is 16.0 Å². The van der Waals surface area contributed by atoms with Crippen LogP contribution < -0.4 is 16.0 Å². The van der Waals surface area contributed by atoms with Crippen LogP contribution in [0.3, 0.4) is 0 Å². The number of esters is 1. The van der Waals surface area contributed by atoms with Crippen LogP contribution in [0.25, 0.3) is 11.1 Å². The topological polar surface area (TPSA) is 216 Å². The van der Waals surface area contributed by atoms with Crippen molar-refractivity contribution >= 4 is 35.4 Å². The summed E-state index contributed by atoms with van der Waals surface area (Å²) in [6.07, 6.45) is 10.4. The number of aliphatic hydroxyl groups is 2. The number of carbonyl (C=O) groups excluding carboxylic acids is 6. The molecule has 0 unspecified atom stereocenters. The molecule has 1 aliphatic heterocycles. The molecule has 15 heteroatoms. The van der Waals surface area contributed by atoms with Gasteiger partial charge in [0, 0.05) is 40.2 Å². The van der Waals surface area contributed by atoms with Crippen molar-refractivity contribution in [3.63, 3.8) is 0 Å². The van der Waals surface area contributed by atoms with Crippen molar-refractivity contribution in [3.05, 3.63) is 119 Å². The number of carbonyl (C=O) groups is 6. The SMILES string of the molecule is CC(C)(C)OC(=O)CC[C@H](NC(=O)CNC(=O)OCC1c2ccccc2-c2ccccc21)C(=O)NC12CCC(Cc3ccc([C@@H]4O[C@@H]5C[C@H]6[C@@H]7CCC8=CC(=O)C=C[C@]8(C)[C@H]7[C@@H](O)C[C@]6(C)[C@]5(C(=O)CO)O4)cc3)(CC1)CC2. The Balaban J connectivity index is 0.697. The van der Waals surface area contributed by atoms with Crippen molar-refractivity contribution in [3.8, 4) is 11.1 Å². The minimum absolute atomic E-state index is 0.00116. The number of Topliss-reactive ketones (excluding diaryl/α,β-unsaturated/α-hetero) is 1. The molecule has 6 saturated carbocycles. The molecule has 1 heterocycles. The summed E-state index contributed by atoms with van der Waals surface area (Å²) in [5.74, 6) is -2.11. The third kappa shape index (κ3) is 9.53. The molecule has 0 spiro atoms. The Morgan fingerprint density at radius 1 is 0.885 bits per heavy atom. The molecule has 10 atom stereocenters. The summed E-state index contributed by atoms with van der Waals surface area (Å²) < 4.78 is 24.8. The summed E-state index contributed by atoms with van der Waals surface area (Å²) >= 11 is 0. The number of nitrogens with one attached hydrogen (secondary N) is 3. The van der Waals surface area contributed by atoms with Gasteiger partial charge in [-0.2, -0.15) is 0 Å². The fraction of sp³-hybridized carbons (Fsp3) is 0.556. The molecule has 7 fully saturated rings. The van der Waals surface area contributed by atoms with Gasteiger partial charge in [0.1, 0.15) is 31.4 Å². The number of ketones is 2. The minimum atomic E-state index is -1.43. The second-order valence-corrected chi connectivity index (χ2v) is 25.5. The molecule has 3 aromatic rings. The molecule has 0 radical (unpaired) electrons. The van der Waals surface area contributed by atoms with Crippen LogP contribution in [-0.4, -0.2) is 100 Å². The van der Waals surface area contributed by atoms with E-state index in [1.807, 2.05) is 61.5 Å². The zero-order chi connectivity index (χ0) is 55.0. The van der Waals surface area contributed by atoms with Crippen LogP contribution in [0.5, 0.6) is 0 Å². The van der Waals surface area contributed by atoms with Gasteiger partial charge in [0.15, 0.2) is 23.5 Å². The van der Waals surface area contributed by atoms with Crippen molar-refractivity contribution < 1.29 is 57.9 Å². The number of aliphatic hydroxyl groups excluding tert-OH is 2. The summed E-state index contributed by atoms with van der Waals surface area (Å²) in [4.78, 5) is 80.0. The number of amides is 3. The summed E-state index contributed by atoms with van der Waals surface area (Å²) in [5.41, 5.74) is 3.46. The molecule has 78 heavy (non-hydrogen) atoms. The number of benzene rings is 3. The van der Waals surface area contributed by atoms with Gasteiger partial charge in [0.05, 0.1) is 12.2 Å². The van der Waals surface area contributed by atoms with Crippen LogP contribution in [0, 0.1) is 34.0 Å². The van der Waals surface area contributed by atoms with Crippen LogP contribution in [-0.2, 0) is 49.3 Å². The summed E-state index contributed by atoms with van der Waals surface area (Å²) in [7, 11) is 0. The van der Waals surface area contributed by atoms with E-state index in [1.54, 1.807) is 32.9 Å². The highest BCUT2D eigenvalue weighted by atomic mass is 16.7. The number of hydrogen-bond acceptors (Lipinski definition) is 12. The van der Waals surface area contributed by atoms with Crippen LogP contribution in [0.1, 0.15) is 146 Å². The van der Waals surface area contributed by atoms with Gasteiger partial charge in [0.25, 0.3) is 0 Å². The maximum absolute atomic E-state index is 14.2. The number of hydrogen-bond donors (Lipinski definition) is 5. The molecule has 12 rings (SSSR count). The normalized spacial score (nSPS) is 33.5. The first kappa shape index (κ1) is 54.0. The predicted molar refractivity (Wildman–Crippen MR) is 288 cm³/mol. The van der Waals surface area contributed by atoms with Gasteiger partial charge >= 0.3 is 12.1 Å². The maximum Gasteiger partial charge on any atom is 0.407 e. The molecule has 15 nitrogen and oxygen atoms in total. The first-order chi connectivity index (χ1) is 37.2. The van der Waals surface area contributed by atoms with Crippen molar-refractivity contribution in [2.24, 2.45) is 34.0 Å². The number of fused-ring (bicyclic) bond motifs is 13. The highest BCUT2D eigenvalue weighted by Gasteiger charge is 2.76. The van der Waals surface area contributed by atoms with Gasteiger partial charge in [-0.3, -0.25) is 24.0 Å². The Morgan fingerprint density at radius 2 is 1.55 bits per heavy atom. The van der Waals surface area contributed by atoms with E-state index in [0.717, 1.165) is 96.7 Å². The van der Waals surface area contributed by atoms with E-state index in [9.17, 15) is 39.0 Å². The lowest BCUT2D eigenvalue weighted by atomic mass is 9.46. The molecule has 8 aliphatic carbocycles. The standard InChI is InChI=1S/C63H75N3O12/c1-58(2,3)77-53(72)21-20-48(65-52(71)34-64-57(74)75-36-46-43-12-8-6-10-41(43)42-11-7-9-13-44(42)46)55(73)66-62-27-24-61(25-28-62,26-29-62)32-37-14-16-38(17-15-37)56-76-51-31-47-45-19-18-39-30-40(68)22-23-59(39,4)54(45)49(69)33-60(47,5)63(51,78-56)50(70)35-67/h6-17,22-23,30,45-49,51,54,56,67,69H,18-21,24-29,31-36H2,1-5H3,(H,64,74)(H,65,71)(H,66,73)/t45-,47-,48-,49-,51+,54+,56+,59-,60-,61?,62?,63+/m0/s1. The highest BCUT2D eigenvalue weighted by Crippen LogP contribution is 2.70. The smallest absolute Gasteiger partial charge is 0.407 e. The molecular formula is C63H75N3O12. The highest BCUT2D eigenvalue weighted by molar-refractivity contribution is 6.01. The van der Waals surface area contributed by atoms with E-state index in [0.29, 0.717) is 12.8 Å². The monoisotopic (exact) mass is 1070 g/mol. The van der Waals surface area contributed by atoms with Crippen LogP contribution >= 0.6 is 0 Å². The van der Waals surface area contributed by atoms with Crippen molar-refractivity contribution in [2.45, 2.75) is 165 Å². The molecule has 1 saturated heterocycles. The number of alkyl carbamates (subject to hydrolysis) is 1. The lowest BCUT2D eigenvalue weighted by molar-refractivity contribution is -0.201. The first-order valence-corrected chi connectivity index (χ1v) is 28.3. The molecule has 414 valence electrons. The van der Waals surface area contributed by atoms with Gasteiger partial charge < -0.3 is 45.1 Å². The van der Waals surface area contributed by atoms with Crippen LogP contribution in [0.15, 0.2) is 96.6 Å². The van der Waals surface area contributed by atoms with E-state index in [2.05, 4.69) is 47.1 Å². The zero-order valence-corrected chi connectivity index (χ0v) is 45.6. The number of rotatable bonds is 15. The zero-order valence-electron chi connectivity index (χ0n) is 45.6. The predicted octanol–water partition coefficient (Wildman–Crippen LogP) is 8.19. The van der Waals surface area contributed by atoms with Crippen molar-refractivity contribution in [1.29, 1.82) is 0 Å². The van der Waals surface area contributed by atoms with Crippen LogP contribution in [0.4, 0.5) is 4.79 Å². The second kappa shape index (κ2) is 20.3. The van der Waals surface area contributed by atoms with E-state index >= 15 is 0 Å². The summed E-state index contributed by atoms with van der Waals surface area (Å²) in [6.45, 7) is 8.43. The fourth-order valence-electron chi connectivity index (χ4n) is 16.1. The van der Waals surface area contributed by atoms with E-state index in [4.69, 9.17) is 18.9 Å². The average molecular weight is 1070 g/mol. The summed E-state index contributed by atoms with van der Waals surface area (Å²) in [6, 6.07) is 23.2. The van der Waals surface area contributed by atoms with E-state index < -0.39 is 89.0 Å². The van der Waals surface area contributed by atoms with Gasteiger partial charge in [-0.25, -0.2) is 4.79 Å². The Kier molecular flexibility index (Phi) is 14.0. The number of allylic oxidation sites excluding steroid dienone is 4. The van der Waals surface area contributed by atoms with Crippen LogP contribution in [0.2, 0.25) is 0 Å². The summed E-state index contributed by atoms with van der Waals surface area (Å²) in [5, 5.41) is 31.2. The largest absolute Gasteiger partial charge is 0.460 e. The van der Waals surface area contributed by atoms with Crippen molar-refractivity contribution in [2.75, 3.05) is 19.8 Å². The van der Waals surface area contributed by atoms with Gasteiger partial charge in [-0.15, -0.1) is 0 Å². The molecule has 3 aromatic carbocycles. The van der Waals surface area contributed by atoms with Gasteiger partial charge in [-0.05, 0) is 155 Å². The number of ether oxygens (including phenoxy) is 4. The Morgan fingerprint density at radius 3 is 2.21 bits per heavy atom. The van der Waals surface area contributed by atoms with Gasteiger partial charge in [0.2, 0.25) is 11.8 Å². The fourth-order valence-corrected chi connectivity index (χ4v) is 16.1. The molecule has 9 aliphatic rings. The molecular weight excluding hydrogens is 991 g/mol. The quantitative estimate of drug-likeness (QED) is 0.0912. The molecule has 2 bridgehead atoms. The Hall–Kier alpha value is -6.00. The maximum atomic E-state index is 14.2.